The molecule has 0 aliphatic rings. The Bertz CT molecular complexity index is 438. The summed E-state index contributed by atoms with van der Waals surface area (Å²) >= 11 is 0. The highest BCUT2D eigenvalue weighted by Gasteiger charge is 2.35. The summed E-state index contributed by atoms with van der Waals surface area (Å²) in [6.07, 6.45) is -4.56. The summed E-state index contributed by atoms with van der Waals surface area (Å²) in [4.78, 5) is 6.92. The molecule has 19 heavy (non-hydrogen) atoms. The molecule has 0 radical (unpaired) electrons. The largest absolute Gasteiger partial charge is 0.451 e. The Kier molecular flexibility index (Phi) is 4.27. The van der Waals surface area contributed by atoms with Gasteiger partial charge in [-0.2, -0.15) is 13.2 Å². The summed E-state index contributed by atoms with van der Waals surface area (Å²) in [6.45, 7) is 7.88. The Hall–Kier alpha value is -1.53. The third-order valence-electron chi connectivity index (χ3n) is 2.90. The van der Waals surface area contributed by atoms with E-state index >= 15 is 0 Å². The molecule has 0 aliphatic heterocycles. The number of anilines is 2. The molecule has 1 rings (SSSR count). The quantitative estimate of drug-likeness (QED) is 0.888. The van der Waals surface area contributed by atoms with E-state index in [0.29, 0.717) is 0 Å². The predicted octanol–water partition coefficient (Wildman–Crippen LogP) is 3.38. The average molecular weight is 276 g/mol. The monoisotopic (exact) mass is 276 g/mol. The van der Waals surface area contributed by atoms with Crippen molar-refractivity contribution in [1.82, 2.24) is 9.97 Å². The Morgan fingerprint density at radius 2 is 1.63 bits per heavy atom. The number of hydrogen-bond acceptors (Lipinski definition) is 4. The van der Waals surface area contributed by atoms with Crippen LogP contribution in [-0.4, -0.2) is 23.1 Å². The number of hydrogen-bond donors (Lipinski definition) is 2. The standard InChI is InChI=1S/C12H19F3N4/c1-7(11(2,3)4)17-9-6-8(16-5)18-10(19-9)12(13,14)15/h6-7H,1-5H3,(H2,16,17,18,19). The van der Waals surface area contributed by atoms with Crippen LogP contribution < -0.4 is 10.6 Å². The first-order chi connectivity index (χ1) is 8.54. The molecule has 4 nitrogen and oxygen atoms in total. The van der Waals surface area contributed by atoms with Crippen molar-refractivity contribution in [3.8, 4) is 0 Å². The lowest BCUT2D eigenvalue weighted by Crippen LogP contribution is -2.31. The van der Waals surface area contributed by atoms with Crippen molar-refractivity contribution in [1.29, 1.82) is 0 Å². The van der Waals surface area contributed by atoms with Crippen LogP contribution in [0.25, 0.3) is 0 Å². The highest BCUT2D eigenvalue weighted by atomic mass is 19.4. The van der Waals surface area contributed by atoms with E-state index in [0.717, 1.165) is 0 Å². The first kappa shape index (κ1) is 15.5. The molecule has 0 aliphatic carbocycles. The van der Waals surface area contributed by atoms with Gasteiger partial charge in [-0.25, -0.2) is 9.97 Å². The van der Waals surface area contributed by atoms with Crippen molar-refractivity contribution in [2.75, 3.05) is 17.7 Å². The van der Waals surface area contributed by atoms with Gasteiger partial charge in [0, 0.05) is 19.2 Å². The SMILES string of the molecule is CNc1cc(NC(C)C(C)(C)C)nc(C(F)(F)F)n1. The van der Waals surface area contributed by atoms with Crippen LogP contribution in [0.5, 0.6) is 0 Å². The first-order valence-electron chi connectivity index (χ1n) is 5.94. The topological polar surface area (TPSA) is 49.8 Å². The van der Waals surface area contributed by atoms with E-state index in [-0.39, 0.29) is 23.1 Å². The van der Waals surface area contributed by atoms with Crippen LogP contribution in [-0.2, 0) is 6.18 Å². The molecule has 0 amide bonds. The summed E-state index contributed by atoms with van der Waals surface area (Å²) in [6, 6.07) is 1.42. The maximum atomic E-state index is 12.7. The molecule has 0 spiro atoms. The minimum Gasteiger partial charge on any atom is -0.373 e. The lowest BCUT2D eigenvalue weighted by Gasteiger charge is -2.28. The lowest BCUT2D eigenvalue weighted by atomic mass is 9.88. The molecule has 0 bridgehead atoms. The molecule has 1 atom stereocenters. The van der Waals surface area contributed by atoms with E-state index in [1.807, 2.05) is 27.7 Å². The molecule has 0 saturated heterocycles. The summed E-state index contributed by atoms with van der Waals surface area (Å²) in [5, 5.41) is 5.58. The van der Waals surface area contributed by atoms with E-state index in [2.05, 4.69) is 20.6 Å². The fourth-order valence-corrected chi connectivity index (χ4v) is 1.21. The molecule has 1 heterocycles. The van der Waals surface area contributed by atoms with Gasteiger partial charge in [-0.1, -0.05) is 20.8 Å². The summed E-state index contributed by atoms with van der Waals surface area (Å²) < 4.78 is 38.0. The van der Waals surface area contributed by atoms with Crippen molar-refractivity contribution in [2.24, 2.45) is 5.41 Å². The number of nitrogens with one attached hydrogen (secondary N) is 2. The van der Waals surface area contributed by atoms with Crippen LogP contribution in [0, 0.1) is 5.41 Å². The fourth-order valence-electron chi connectivity index (χ4n) is 1.21. The van der Waals surface area contributed by atoms with Crippen molar-refractivity contribution < 1.29 is 13.2 Å². The number of rotatable bonds is 3. The average Bonchev–Trinajstić information content (AvgIpc) is 2.26. The number of alkyl halides is 3. The highest BCUT2D eigenvalue weighted by Crippen LogP contribution is 2.29. The zero-order valence-corrected chi connectivity index (χ0v) is 11.7. The maximum Gasteiger partial charge on any atom is 0.451 e. The molecular formula is C12H19F3N4. The van der Waals surface area contributed by atoms with Gasteiger partial charge in [-0.15, -0.1) is 0 Å². The van der Waals surface area contributed by atoms with E-state index < -0.39 is 12.0 Å². The third-order valence-corrected chi connectivity index (χ3v) is 2.90. The van der Waals surface area contributed by atoms with Crippen LogP contribution >= 0.6 is 0 Å². The van der Waals surface area contributed by atoms with Gasteiger partial charge >= 0.3 is 6.18 Å². The molecule has 2 N–H and O–H groups in total. The minimum atomic E-state index is -4.56. The van der Waals surface area contributed by atoms with Crippen LogP contribution in [0.3, 0.4) is 0 Å². The normalized spacial score (nSPS) is 14.1. The Balaban J connectivity index is 3.08. The van der Waals surface area contributed by atoms with E-state index in [1.54, 1.807) is 0 Å². The van der Waals surface area contributed by atoms with Gasteiger partial charge in [0.15, 0.2) is 0 Å². The Labute approximate surface area is 110 Å². The van der Waals surface area contributed by atoms with Gasteiger partial charge in [0.05, 0.1) is 0 Å². The second kappa shape index (κ2) is 5.22. The zero-order chi connectivity index (χ0) is 14.8. The zero-order valence-electron chi connectivity index (χ0n) is 11.7. The van der Waals surface area contributed by atoms with E-state index in [9.17, 15) is 13.2 Å². The first-order valence-corrected chi connectivity index (χ1v) is 5.94. The lowest BCUT2D eigenvalue weighted by molar-refractivity contribution is -0.144. The molecule has 0 fully saturated rings. The number of halogens is 3. The van der Waals surface area contributed by atoms with Crippen molar-refractivity contribution in [2.45, 2.75) is 39.9 Å². The molecule has 0 aromatic carbocycles. The van der Waals surface area contributed by atoms with Crippen LogP contribution in [0.1, 0.15) is 33.5 Å². The second-order valence-electron chi connectivity index (χ2n) is 5.44. The predicted molar refractivity (Wildman–Crippen MR) is 69.1 cm³/mol. The van der Waals surface area contributed by atoms with Crippen LogP contribution in [0.15, 0.2) is 6.07 Å². The van der Waals surface area contributed by atoms with Crippen molar-refractivity contribution >= 4 is 11.6 Å². The molecule has 7 heteroatoms. The van der Waals surface area contributed by atoms with E-state index in [1.165, 1.54) is 13.1 Å². The molecule has 1 aromatic heterocycles. The smallest absolute Gasteiger partial charge is 0.373 e. The number of aromatic nitrogens is 2. The third kappa shape index (κ3) is 4.25. The van der Waals surface area contributed by atoms with Gasteiger partial charge < -0.3 is 10.6 Å². The summed E-state index contributed by atoms with van der Waals surface area (Å²) in [7, 11) is 1.51. The van der Waals surface area contributed by atoms with Gasteiger partial charge in [-0.3, -0.25) is 0 Å². The minimum absolute atomic E-state index is 0.0341. The fraction of sp³-hybridized carbons (Fsp3) is 0.667. The Morgan fingerprint density at radius 3 is 2.05 bits per heavy atom. The molecule has 108 valence electrons. The second-order valence-corrected chi connectivity index (χ2v) is 5.44. The van der Waals surface area contributed by atoms with Gasteiger partial charge in [-0.05, 0) is 12.3 Å². The van der Waals surface area contributed by atoms with Crippen LogP contribution in [0.2, 0.25) is 0 Å². The van der Waals surface area contributed by atoms with Crippen molar-refractivity contribution in [3.05, 3.63) is 11.9 Å². The maximum absolute atomic E-state index is 12.7. The highest BCUT2D eigenvalue weighted by molar-refractivity contribution is 5.48. The van der Waals surface area contributed by atoms with Crippen molar-refractivity contribution in [3.63, 3.8) is 0 Å². The van der Waals surface area contributed by atoms with Crippen LogP contribution in [0.4, 0.5) is 24.8 Å². The summed E-state index contributed by atoms with van der Waals surface area (Å²) in [5.74, 6) is -0.858. The number of nitrogens with zero attached hydrogens (tertiary/aromatic N) is 2. The molecular weight excluding hydrogens is 257 g/mol. The Morgan fingerprint density at radius 1 is 1.11 bits per heavy atom. The molecule has 0 saturated carbocycles. The van der Waals surface area contributed by atoms with E-state index in [4.69, 9.17) is 0 Å². The summed E-state index contributed by atoms with van der Waals surface area (Å²) in [5.41, 5.74) is -0.0941. The van der Waals surface area contributed by atoms with Gasteiger partial charge in [0.25, 0.3) is 0 Å². The van der Waals surface area contributed by atoms with Gasteiger partial charge in [0.2, 0.25) is 5.82 Å². The molecule has 1 aromatic rings. The molecule has 1 unspecified atom stereocenters. The van der Waals surface area contributed by atoms with Gasteiger partial charge in [0.1, 0.15) is 11.6 Å².